The van der Waals surface area contributed by atoms with Gasteiger partial charge in [-0.2, -0.15) is 0 Å². The quantitative estimate of drug-likeness (QED) is 0.367. The van der Waals surface area contributed by atoms with Gasteiger partial charge in [-0.05, 0) is 55.0 Å². The zero-order chi connectivity index (χ0) is 21.6. The van der Waals surface area contributed by atoms with Gasteiger partial charge in [-0.1, -0.05) is 22.9 Å². The number of hydrogen-bond acceptors (Lipinski definition) is 6. The van der Waals surface area contributed by atoms with Gasteiger partial charge in [-0.25, -0.2) is 9.97 Å². The van der Waals surface area contributed by atoms with E-state index in [-0.39, 0.29) is 5.91 Å². The van der Waals surface area contributed by atoms with Crippen molar-refractivity contribution in [1.29, 1.82) is 0 Å². The summed E-state index contributed by atoms with van der Waals surface area (Å²) >= 11 is 3.42. The molecule has 4 aromatic rings. The molecule has 0 spiro atoms. The summed E-state index contributed by atoms with van der Waals surface area (Å²) in [6.45, 7) is 2.60. The number of carbonyl (C=O) groups is 1. The number of nitrogens with zero attached hydrogens (tertiary/aromatic N) is 3. The molecule has 0 radical (unpaired) electrons. The minimum Gasteiger partial charge on any atom is -0.457 e. The number of rotatable bonds is 7. The number of aromatic nitrogens is 3. The molecule has 4 rings (SSSR count). The van der Waals surface area contributed by atoms with Crippen molar-refractivity contribution < 1.29 is 9.53 Å². The maximum Gasteiger partial charge on any atom is 0.270 e. The maximum atomic E-state index is 12.1. The number of pyridine rings is 1. The molecule has 0 saturated carbocycles. The van der Waals surface area contributed by atoms with E-state index in [4.69, 9.17) is 4.74 Å². The minimum absolute atomic E-state index is 0.218. The van der Waals surface area contributed by atoms with E-state index in [9.17, 15) is 4.79 Å². The number of benzene rings is 2. The molecule has 8 heteroatoms. The summed E-state index contributed by atoms with van der Waals surface area (Å²) in [5.41, 5.74) is 2.01. The van der Waals surface area contributed by atoms with Crippen molar-refractivity contribution >= 4 is 44.4 Å². The molecular formula is C23H20BrN5O2. The van der Waals surface area contributed by atoms with E-state index in [1.165, 1.54) is 0 Å². The molecule has 156 valence electrons. The Morgan fingerprint density at radius 3 is 2.65 bits per heavy atom. The zero-order valence-corrected chi connectivity index (χ0v) is 18.4. The summed E-state index contributed by atoms with van der Waals surface area (Å²) in [4.78, 5) is 25.2. The van der Waals surface area contributed by atoms with Gasteiger partial charge in [0.1, 0.15) is 17.2 Å². The van der Waals surface area contributed by atoms with E-state index < -0.39 is 0 Å². The number of anilines is 2. The summed E-state index contributed by atoms with van der Waals surface area (Å²) in [5, 5.41) is 6.84. The second kappa shape index (κ2) is 9.53. The molecule has 2 heterocycles. The highest BCUT2D eigenvalue weighted by Crippen LogP contribution is 2.26. The summed E-state index contributed by atoms with van der Waals surface area (Å²) in [7, 11) is 0. The van der Waals surface area contributed by atoms with E-state index in [1.807, 2.05) is 49.4 Å². The first-order valence-electron chi connectivity index (χ1n) is 9.82. The third-order valence-electron chi connectivity index (χ3n) is 4.39. The first kappa shape index (κ1) is 20.7. The lowest BCUT2D eigenvalue weighted by Crippen LogP contribution is -2.24. The highest BCUT2D eigenvalue weighted by Gasteiger charge is 2.09. The van der Waals surface area contributed by atoms with E-state index in [0.717, 1.165) is 27.5 Å². The largest absolute Gasteiger partial charge is 0.457 e. The molecule has 0 bridgehead atoms. The minimum atomic E-state index is -0.218. The monoisotopic (exact) mass is 477 g/mol. The molecule has 2 N–H and O–H groups in total. The lowest BCUT2D eigenvalue weighted by atomic mass is 10.2. The lowest BCUT2D eigenvalue weighted by molar-refractivity contribution is 0.0948. The van der Waals surface area contributed by atoms with Gasteiger partial charge in [0, 0.05) is 40.6 Å². The van der Waals surface area contributed by atoms with Gasteiger partial charge < -0.3 is 15.4 Å². The van der Waals surface area contributed by atoms with Gasteiger partial charge in [0.2, 0.25) is 5.95 Å². The third kappa shape index (κ3) is 5.35. The van der Waals surface area contributed by atoms with E-state index in [2.05, 4.69) is 41.5 Å². The fourth-order valence-electron chi connectivity index (χ4n) is 2.86. The van der Waals surface area contributed by atoms with Crippen molar-refractivity contribution in [2.45, 2.75) is 13.3 Å². The molecule has 0 fully saturated rings. The van der Waals surface area contributed by atoms with Gasteiger partial charge >= 0.3 is 0 Å². The predicted molar refractivity (Wildman–Crippen MR) is 124 cm³/mol. The molecule has 0 unspecified atom stereocenters. The molecule has 0 aliphatic heterocycles. The van der Waals surface area contributed by atoms with Crippen molar-refractivity contribution in [2.75, 3.05) is 11.9 Å². The lowest BCUT2D eigenvalue weighted by Gasteiger charge is -2.09. The van der Waals surface area contributed by atoms with E-state index >= 15 is 0 Å². The SMILES string of the molecule is CCCNC(=O)c1cc(Oc2ccc3nc(Nc4ccc(Br)cc4)ncc3c2)ccn1. The van der Waals surface area contributed by atoms with Crippen molar-refractivity contribution in [3.8, 4) is 11.5 Å². The molecule has 7 nitrogen and oxygen atoms in total. The number of ether oxygens (including phenoxy) is 1. The fourth-order valence-corrected chi connectivity index (χ4v) is 3.13. The average Bonchev–Trinajstić information content (AvgIpc) is 2.79. The summed E-state index contributed by atoms with van der Waals surface area (Å²) in [6, 6.07) is 16.7. The van der Waals surface area contributed by atoms with Crippen LogP contribution in [0, 0.1) is 0 Å². The van der Waals surface area contributed by atoms with Crippen LogP contribution in [-0.4, -0.2) is 27.4 Å². The van der Waals surface area contributed by atoms with Crippen LogP contribution in [0.4, 0.5) is 11.6 Å². The first-order chi connectivity index (χ1) is 15.1. The number of fused-ring (bicyclic) bond motifs is 1. The van der Waals surface area contributed by atoms with Crippen molar-refractivity contribution in [3.05, 3.63) is 77.2 Å². The summed E-state index contributed by atoms with van der Waals surface area (Å²) < 4.78 is 6.93. The smallest absolute Gasteiger partial charge is 0.270 e. The average molecular weight is 478 g/mol. The molecule has 0 saturated heterocycles. The maximum absolute atomic E-state index is 12.1. The van der Waals surface area contributed by atoms with Crippen LogP contribution in [0.15, 0.2) is 71.5 Å². The fraction of sp³-hybridized carbons (Fsp3) is 0.130. The van der Waals surface area contributed by atoms with Crippen molar-refractivity contribution in [2.24, 2.45) is 0 Å². The Labute approximate surface area is 188 Å². The van der Waals surface area contributed by atoms with Gasteiger partial charge in [-0.15, -0.1) is 0 Å². The molecule has 2 aromatic heterocycles. The normalized spacial score (nSPS) is 10.6. The Balaban J connectivity index is 1.49. The topological polar surface area (TPSA) is 89.0 Å². The van der Waals surface area contributed by atoms with Crippen LogP contribution < -0.4 is 15.4 Å². The Morgan fingerprint density at radius 2 is 1.84 bits per heavy atom. The van der Waals surface area contributed by atoms with Crippen LogP contribution in [0.5, 0.6) is 11.5 Å². The van der Waals surface area contributed by atoms with Gasteiger partial charge in [0.15, 0.2) is 0 Å². The zero-order valence-electron chi connectivity index (χ0n) is 16.8. The van der Waals surface area contributed by atoms with E-state index in [0.29, 0.717) is 29.7 Å². The molecule has 0 aliphatic rings. The van der Waals surface area contributed by atoms with E-state index in [1.54, 1.807) is 24.5 Å². The number of hydrogen-bond donors (Lipinski definition) is 2. The molecule has 1 amide bonds. The van der Waals surface area contributed by atoms with Crippen molar-refractivity contribution in [1.82, 2.24) is 20.3 Å². The Hall–Kier alpha value is -3.52. The highest BCUT2D eigenvalue weighted by molar-refractivity contribution is 9.10. The van der Waals surface area contributed by atoms with Gasteiger partial charge in [0.25, 0.3) is 5.91 Å². The van der Waals surface area contributed by atoms with Crippen LogP contribution in [0.1, 0.15) is 23.8 Å². The summed E-state index contributed by atoms with van der Waals surface area (Å²) in [6.07, 6.45) is 4.16. The number of amides is 1. The first-order valence-corrected chi connectivity index (χ1v) is 10.6. The molecule has 31 heavy (non-hydrogen) atoms. The van der Waals surface area contributed by atoms with Crippen LogP contribution in [0.3, 0.4) is 0 Å². The number of nitrogens with one attached hydrogen (secondary N) is 2. The molecule has 0 aliphatic carbocycles. The van der Waals surface area contributed by atoms with Crippen LogP contribution >= 0.6 is 15.9 Å². The molecular weight excluding hydrogens is 458 g/mol. The summed E-state index contributed by atoms with van der Waals surface area (Å²) in [5.74, 6) is 1.45. The number of carbonyl (C=O) groups excluding carboxylic acids is 1. The number of halogens is 1. The molecule has 0 atom stereocenters. The van der Waals surface area contributed by atoms with Crippen LogP contribution in [0.2, 0.25) is 0 Å². The molecule has 2 aromatic carbocycles. The third-order valence-corrected chi connectivity index (χ3v) is 4.92. The van der Waals surface area contributed by atoms with Crippen LogP contribution in [-0.2, 0) is 0 Å². The van der Waals surface area contributed by atoms with Crippen LogP contribution in [0.25, 0.3) is 10.9 Å². The predicted octanol–water partition coefficient (Wildman–Crippen LogP) is 5.46. The second-order valence-corrected chi connectivity index (χ2v) is 7.70. The standard InChI is InChI=1S/C23H20BrN5O2/c1-2-10-26-22(30)21-13-19(9-11-25-21)31-18-7-8-20-15(12-18)14-27-23(29-20)28-17-5-3-16(24)4-6-17/h3-9,11-14H,2,10H2,1H3,(H,26,30)(H,27,28,29). The van der Waals surface area contributed by atoms with Gasteiger partial charge in [-0.3, -0.25) is 9.78 Å². The van der Waals surface area contributed by atoms with Gasteiger partial charge in [0.05, 0.1) is 5.52 Å². The Kier molecular flexibility index (Phi) is 6.37. The Morgan fingerprint density at radius 1 is 1.03 bits per heavy atom. The van der Waals surface area contributed by atoms with Crippen molar-refractivity contribution in [3.63, 3.8) is 0 Å². The second-order valence-electron chi connectivity index (χ2n) is 6.78. The Bertz CT molecular complexity index is 1210. The highest BCUT2D eigenvalue weighted by atomic mass is 79.9.